The van der Waals surface area contributed by atoms with Crippen molar-refractivity contribution in [2.24, 2.45) is 0 Å². The van der Waals surface area contributed by atoms with Crippen LogP contribution >= 0.6 is 0 Å². The summed E-state index contributed by atoms with van der Waals surface area (Å²) in [4.78, 5) is 23.4. The minimum atomic E-state index is -0.148. The molecule has 0 radical (unpaired) electrons. The molecule has 0 saturated carbocycles. The molecule has 0 spiro atoms. The Morgan fingerprint density at radius 2 is 1.79 bits per heavy atom. The van der Waals surface area contributed by atoms with Crippen LogP contribution in [0.15, 0.2) is 35.1 Å². The third kappa shape index (κ3) is 3.94. The Balaban J connectivity index is 1.64. The van der Waals surface area contributed by atoms with Gasteiger partial charge in [0.1, 0.15) is 0 Å². The fraction of sp³-hybridized carbons (Fsp3) is 0.444. The van der Waals surface area contributed by atoms with Gasteiger partial charge in [-0.15, -0.1) is 0 Å². The first-order chi connectivity index (χ1) is 11.5. The van der Waals surface area contributed by atoms with Gasteiger partial charge in [-0.2, -0.15) is 0 Å². The maximum absolute atomic E-state index is 11.5. The number of aromatic nitrogens is 2. The second-order valence-corrected chi connectivity index (χ2v) is 6.52. The lowest BCUT2D eigenvalue weighted by atomic mass is 10.2. The molecule has 1 aromatic carbocycles. The van der Waals surface area contributed by atoms with E-state index in [9.17, 15) is 4.79 Å². The van der Waals surface area contributed by atoms with Crippen LogP contribution in [0.3, 0.4) is 0 Å². The predicted octanol–water partition coefficient (Wildman–Crippen LogP) is 2.35. The molecule has 0 bridgehead atoms. The predicted molar refractivity (Wildman–Crippen MR) is 98.2 cm³/mol. The van der Waals surface area contributed by atoms with Crippen LogP contribution in [0, 0.1) is 6.92 Å². The first-order valence-electron chi connectivity index (χ1n) is 8.45. The highest BCUT2D eigenvalue weighted by atomic mass is 16.1. The van der Waals surface area contributed by atoms with Gasteiger partial charge in [0.2, 0.25) is 5.95 Å². The summed E-state index contributed by atoms with van der Waals surface area (Å²) >= 11 is 0. The first-order valence-corrected chi connectivity index (χ1v) is 8.45. The van der Waals surface area contributed by atoms with Crippen molar-refractivity contribution in [3.63, 3.8) is 0 Å². The number of benzene rings is 1. The summed E-state index contributed by atoms with van der Waals surface area (Å²) in [5, 5.41) is 3.14. The molecule has 1 fully saturated rings. The molecule has 1 aliphatic rings. The SMILES string of the molecule is Cc1cc(=O)[nH]c(Nc2ccc(N3CCN(C(C)C)CC3)cc2)n1. The summed E-state index contributed by atoms with van der Waals surface area (Å²) in [5.41, 5.74) is 2.69. The topological polar surface area (TPSA) is 64.3 Å². The number of rotatable bonds is 4. The molecule has 6 heteroatoms. The molecule has 1 aromatic heterocycles. The summed E-state index contributed by atoms with van der Waals surface area (Å²) in [6.07, 6.45) is 0. The van der Waals surface area contributed by atoms with Gasteiger partial charge < -0.3 is 10.2 Å². The molecule has 0 unspecified atom stereocenters. The van der Waals surface area contributed by atoms with Crippen LogP contribution in [0.25, 0.3) is 0 Å². The maximum Gasteiger partial charge on any atom is 0.252 e. The van der Waals surface area contributed by atoms with Gasteiger partial charge in [0.15, 0.2) is 0 Å². The quantitative estimate of drug-likeness (QED) is 0.902. The van der Waals surface area contributed by atoms with E-state index in [0.717, 1.165) is 31.9 Å². The van der Waals surface area contributed by atoms with Gasteiger partial charge in [-0.1, -0.05) is 0 Å². The molecule has 1 aliphatic heterocycles. The van der Waals surface area contributed by atoms with Gasteiger partial charge >= 0.3 is 0 Å². The summed E-state index contributed by atoms with van der Waals surface area (Å²) in [7, 11) is 0. The van der Waals surface area contributed by atoms with E-state index in [0.29, 0.717) is 17.7 Å². The Kier molecular flexibility index (Phi) is 4.85. The highest BCUT2D eigenvalue weighted by Crippen LogP contribution is 2.21. The Morgan fingerprint density at radius 1 is 1.12 bits per heavy atom. The summed E-state index contributed by atoms with van der Waals surface area (Å²) < 4.78 is 0. The van der Waals surface area contributed by atoms with Gasteiger partial charge in [-0.25, -0.2) is 4.98 Å². The number of hydrogen-bond acceptors (Lipinski definition) is 5. The molecule has 6 nitrogen and oxygen atoms in total. The van der Waals surface area contributed by atoms with Crippen LogP contribution in [0.5, 0.6) is 0 Å². The van der Waals surface area contributed by atoms with Crippen LogP contribution < -0.4 is 15.8 Å². The van der Waals surface area contributed by atoms with E-state index in [-0.39, 0.29) is 5.56 Å². The zero-order valence-corrected chi connectivity index (χ0v) is 14.5. The molecular formula is C18H25N5O. The molecule has 2 heterocycles. The molecule has 0 aliphatic carbocycles. The number of nitrogens with one attached hydrogen (secondary N) is 2. The van der Waals surface area contributed by atoms with Gasteiger partial charge in [0, 0.05) is 55.4 Å². The van der Waals surface area contributed by atoms with E-state index in [1.807, 2.05) is 12.1 Å². The highest BCUT2D eigenvalue weighted by molar-refractivity contribution is 5.59. The van der Waals surface area contributed by atoms with E-state index in [2.05, 4.69) is 51.1 Å². The van der Waals surface area contributed by atoms with Crippen molar-refractivity contribution in [2.75, 3.05) is 36.4 Å². The van der Waals surface area contributed by atoms with Crippen molar-refractivity contribution in [2.45, 2.75) is 26.8 Å². The van der Waals surface area contributed by atoms with Crippen LogP contribution in [-0.2, 0) is 0 Å². The van der Waals surface area contributed by atoms with E-state index in [1.54, 1.807) is 6.92 Å². The van der Waals surface area contributed by atoms with Gasteiger partial charge in [-0.3, -0.25) is 14.7 Å². The van der Waals surface area contributed by atoms with Crippen LogP contribution in [0.4, 0.5) is 17.3 Å². The zero-order valence-electron chi connectivity index (χ0n) is 14.5. The molecule has 0 amide bonds. The van der Waals surface area contributed by atoms with Crippen molar-refractivity contribution in [3.05, 3.63) is 46.4 Å². The fourth-order valence-corrected chi connectivity index (χ4v) is 3.03. The number of nitrogens with zero attached hydrogens (tertiary/aromatic N) is 3. The largest absolute Gasteiger partial charge is 0.369 e. The van der Waals surface area contributed by atoms with Gasteiger partial charge in [0.05, 0.1) is 0 Å². The third-order valence-electron chi connectivity index (χ3n) is 4.41. The van der Waals surface area contributed by atoms with E-state index < -0.39 is 0 Å². The van der Waals surface area contributed by atoms with E-state index in [4.69, 9.17) is 0 Å². The Morgan fingerprint density at radius 3 is 2.38 bits per heavy atom. The normalized spacial score (nSPS) is 15.8. The van der Waals surface area contributed by atoms with E-state index in [1.165, 1.54) is 11.8 Å². The van der Waals surface area contributed by atoms with Gasteiger partial charge in [0.25, 0.3) is 5.56 Å². The zero-order chi connectivity index (χ0) is 17.1. The Bertz CT molecular complexity index is 730. The van der Waals surface area contributed by atoms with Crippen molar-refractivity contribution < 1.29 is 0 Å². The minimum Gasteiger partial charge on any atom is -0.369 e. The van der Waals surface area contributed by atoms with Crippen LogP contribution in [0.2, 0.25) is 0 Å². The minimum absolute atomic E-state index is 0.148. The van der Waals surface area contributed by atoms with Crippen molar-refractivity contribution in [1.82, 2.24) is 14.9 Å². The summed E-state index contributed by atoms with van der Waals surface area (Å²) in [5.74, 6) is 0.471. The number of aromatic amines is 1. The summed E-state index contributed by atoms with van der Waals surface area (Å²) in [6.45, 7) is 10.6. The Hall–Kier alpha value is -2.34. The monoisotopic (exact) mass is 327 g/mol. The number of H-pyrrole nitrogens is 1. The number of anilines is 3. The standard InChI is InChI=1S/C18H25N5O/c1-13(2)22-8-10-23(11-9-22)16-6-4-15(5-7-16)20-18-19-14(3)12-17(24)21-18/h4-7,12-13H,8-11H2,1-3H3,(H2,19,20,21,24). The average Bonchev–Trinajstić information content (AvgIpc) is 2.55. The average molecular weight is 327 g/mol. The fourth-order valence-electron chi connectivity index (χ4n) is 3.03. The lowest BCUT2D eigenvalue weighted by molar-refractivity contribution is 0.209. The first kappa shape index (κ1) is 16.5. The second kappa shape index (κ2) is 7.05. The molecule has 3 rings (SSSR count). The van der Waals surface area contributed by atoms with Crippen LogP contribution in [0.1, 0.15) is 19.5 Å². The molecular weight excluding hydrogens is 302 g/mol. The lowest BCUT2D eigenvalue weighted by Gasteiger charge is -2.38. The van der Waals surface area contributed by atoms with Crippen molar-refractivity contribution in [1.29, 1.82) is 0 Å². The molecule has 128 valence electrons. The second-order valence-electron chi connectivity index (χ2n) is 6.52. The Labute approximate surface area is 142 Å². The van der Waals surface area contributed by atoms with Crippen LogP contribution in [-0.4, -0.2) is 47.1 Å². The summed E-state index contributed by atoms with van der Waals surface area (Å²) in [6, 6.07) is 10.4. The molecule has 2 N–H and O–H groups in total. The molecule has 1 saturated heterocycles. The molecule has 24 heavy (non-hydrogen) atoms. The smallest absolute Gasteiger partial charge is 0.252 e. The van der Waals surface area contributed by atoms with E-state index >= 15 is 0 Å². The van der Waals surface area contributed by atoms with Gasteiger partial charge in [-0.05, 0) is 45.0 Å². The molecule has 2 aromatic rings. The van der Waals surface area contributed by atoms with Crippen molar-refractivity contribution >= 4 is 17.3 Å². The third-order valence-corrected chi connectivity index (χ3v) is 4.41. The molecule has 0 atom stereocenters. The lowest BCUT2D eigenvalue weighted by Crippen LogP contribution is -2.48. The number of hydrogen-bond donors (Lipinski definition) is 2. The number of aryl methyl sites for hydroxylation is 1. The maximum atomic E-state index is 11.5. The number of piperazine rings is 1. The highest BCUT2D eigenvalue weighted by Gasteiger charge is 2.18. The van der Waals surface area contributed by atoms with Crippen molar-refractivity contribution in [3.8, 4) is 0 Å².